The molecule has 8 nitrogen and oxygen atoms in total. The summed E-state index contributed by atoms with van der Waals surface area (Å²) < 4.78 is 10.4. The summed E-state index contributed by atoms with van der Waals surface area (Å²) in [5.41, 5.74) is 8.05. The fraction of sp³-hybridized carbons (Fsp3) is 1.00. The molecule has 98 valence electrons. The lowest BCUT2D eigenvalue weighted by atomic mass is 10.0. The Kier molecular flexibility index (Phi) is 5.63. The second kappa shape index (κ2) is 6.75. The second-order valence-electron chi connectivity index (χ2n) is 3.86. The van der Waals surface area contributed by atoms with E-state index in [1.165, 1.54) is 0 Å². The molecule has 0 aliphatic carbocycles. The first-order chi connectivity index (χ1) is 8.07. The lowest BCUT2D eigenvalue weighted by Crippen LogP contribution is -2.57. The van der Waals surface area contributed by atoms with E-state index in [1.54, 1.807) is 6.92 Å². The van der Waals surface area contributed by atoms with Gasteiger partial charge in [-0.05, 0) is 18.9 Å². The van der Waals surface area contributed by atoms with Gasteiger partial charge in [-0.1, -0.05) is 5.11 Å². The molecule has 0 spiro atoms. The minimum atomic E-state index is -1.29. The number of ether oxygens (including phenoxy) is 2. The van der Waals surface area contributed by atoms with Crippen LogP contribution in [-0.4, -0.2) is 59.2 Å². The van der Waals surface area contributed by atoms with Gasteiger partial charge in [0.2, 0.25) is 0 Å². The minimum Gasteiger partial charge on any atom is -0.388 e. The average Bonchev–Trinajstić information content (AvgIpc) is 2.32. The molecule has 0 aromatic carbocycles. The molecule has 1 heterocycles. The monoisotopic (exact) mass is 247 g/mol. The smallest absolute Gasteiger partial charge is 0.186 e. The second-order valence-corrected chi connectivity index (χ2v) is 3.86. The molecule has 1 saturated heterocycles. The van der Waals surface area contributed by atoms with E-state index in [4.69, 9.17) is 15.0 Å². The van der Waals surface area contributed by atoms with Gasteiger partial charge in [-0.25, -0.2) is 0 Å². The lowest BCUT2D eigenvalue weighted by Gasteiger charge is -2.38. The molecule has 0 saturated carbocycles. The number of hydrogen-bond donors (Lipinski definition) is 3. The normalized spacial score (nSPS) is 37.5. The molecule has 1 aliphatic heterocycles. The van der Waals surface area contributed by atoms with Crippen molar-refractivity contribution in [3.8, 4) is 0 Å². The van der Waals surface area contributed by atoms with Gasteiger partial charge in [0.25, 0.3) is 0 Å². The standard InChI is InChI=1S/C9H17N3O5/c1-5-6(13)7(14)8(15)9(17-5)16-4-2-3-11-12-10/h5-9,13-15H,2-4H2,1H3/t5?,6-,7?,8-,9+/m0/s1. The molecule has 0 amide bonds. The zero-order valence-electron chi connectivity index (χ0n) is 9.51. The van der Waals surface area contributed by atoms with Crippen LogP contribution in [0.3, 0.4) is 0 Å². The Bertz CT molecular complexity index is 284. The summed E-state index contributed by atoms with van der Waals surface area (Å²) in [4.78, 5) is 2.58. The minimum absolute atomic E-state index is 0.232. The molecule has 1 aliphatic rings. The molecule has 2 unspecified atom stereocenters. The summed E-state index contributed by atoms with van der Waals surface area (Å²) in [5, 5.41) is 31.8. The van der Waals surface area contributed by atoms with E-state index in [9.17, 15) is 15.3 Å². The van der Waals surface area contributed by atoms with Gasteiger partial charge < -0.3 is 24.8 Å². The van der Waals surface area contributed by atoms with Gasteiger partial charge in [0, 0.05) is 18.1 Å². The molecule has 0 radical (unpaired) electrons. The first-order valence-electron chi connectivity index (χ1n) is 5.40. The lowest BCUT2D eigenvalue weighted by molar-refractivity contribution is -0.293. The molecular formula is C9H17N3O5. The van der Waals surface area contributed by atoms with Crippen molar-refractivity contribution in [1.82, 2.24) is 0 Å². The van der Waals surface area contributed by atoms with Crippen molar-refractivity contribution >= 4 is 0 Å². The highest BCUT2D eigenvalue weighted by Gasteiger charge is 2.42. The third-order valence-electron chi connectivity index (χ3n) is 2.56. The van der Waals surface area contributed by atoms with Crippen molar-refractivity contribution in [1.29, 1.82) is 0 Å². The van der Waals surface area contributed by atoms with E-state index in [-0.39, 0.29) is 6.61 Å². The molecule has 1 fully saturated rings. The largest absolute Gasteiger partial charge is 0.388 e. The highest BCUT2D eigenvalue weighted by atomic mass is 16.7. The third kappa shape index (κ3) is 3.81. The van der Waals surface area contributed by atoms with E-state index in [0.29, 0.717) is 13.0 Å². The highest BCUT2D eigenvalue weighted by molar-refractivity contribution is 4.87. The fourth-order valence-electron chi connectivity index (χ4n) is 1.53. The molecule has 5 atom stereocenters. The molecule has 3 N–H and O–H groups in total. The first-order valence-corrected chi connectivity index (χ1v) is 5.40. The maximum absolute atomic E-state index is 9.59. The molecule has 8 heteroatoms. The summed E-state index contributed by atoms with van der Waals surface area (Å²) in [6.45, 7) is 2.10. The van der Waals surface area contributed by atoms with Crippen LogP contribution in [0.15, 0.2) is 5.11 Å². The average molecular weight is 247 g/mol. The summed E-state index contributed by atoms with van der Waals surface area (Å²) in [5.74, 6) is 0. The Hall–Kier alpha value is -0.890. The quantitative estimate of drug-likeness (QED) is 0.262. The number of nitrogens with zero attached hydrogens (tertiary/aromatic N) is 3. The van der Waals surface area contributed by atoms with Gasteiger partial charge in [-0.15, -0.1) is 0 Å². The van der Waals surface area contributed by atoms with Crippen LogP contribution in [0.25, 0.3) is 10.4 Å². The van der Waals surface area contributed by atoms with Crippen LogP contribution >= 0.6 is 0 Å². The summed E-state index contributed by atoms with van der Waals surface area (Å²) in [6, 6.07) is 0. The predicted octanol–water partition coefficient (Wildman–Crippen LogP) is -0.469. The number of aliphatic hydroxyl groups excluding tert-OH is 3. The summed E-state index contributed by atoms with van der Waals surface area (Å²) in [7, 11) is 0. The maximum Gasteiger partial charge on any atom is 0.186 e. The predicted molar refractivity (Wildman–Crippen MR) is 56.9 cm³/mol. The molecule has 1 rings (SSSR count). The SMILES string of the molecule is CC1O[C@@H](OCCCN=[N+]=[N-])[C@@H](O)C(O)[C@H]1O. The van der Waals surface area contributed by atoms with E-state index >= 15 is 0 Å². The van der Waals surface area contributed by atoms with E-state index in [2.05, 4.69) is 10.0 Å². The Balaban J connectivity index is 2.35. The van der Waals surface area contributed by atoms with Gasteiger partial charge in [0.1, 0.15) is 18.3 Å². The Morgan fingerprint density at radius 2 is 2.00 bits per heavy atom. The van der Waals surface area contributed by atoms with E-state index < -0.39 is 30.7 Å². The van der Waals surface area contributed by atoms with E-state index in [0.717, 1.165) is 0 Å². The molecule has 0 aromatic heterocycles. The van der Waals surface area contributed by atoms with Crippen LogP contribution in [0.5, 0.6) is 0 Å². The van der Waals surface area contributed by atoms with Gasteiger partial charge in [-0.3, -0.25) is 0 Å². The van der Waals surface area contributed by atoms with Crippen LogP contribution in [0.2, 0.25) is 0 Å². The van der Waals surface area contributed by atoms with Gasteiger partial charge in [-0.2, -0.15) is 0 Å². The van der Waals surface area contributed by atoms with Gasteiger partial charge in [0.05, 0.1) is 6.10 Å². The van der Waals surface area contributed by atoms with Crippen molar-refractivity contribution in [3.05, 3.63) is 10.4 Å². The van der Waals surface area contributed by atoms with Crippen LogP contribution in [0.4, 0.5) is 0 Å². The third-order valence-corrected chi connectivity index (χ3v) is 2.56. The topological polar surface area (TPSA) is 128 Å². The number of azide groups is 1. The van der Waals surface area contributed by atoms with Crippen LogP contribution < -0.4 is 0 Å². The maximum atomic E-state index is 9.59. The van der Waals surface area contributed by atoms with Gasteiger partial charge in [0.15, 0.2) is 6.29 Å². The molecule has 0 aromatic rings. The van der Waals surface area contributed by atoms with Crippen molar-refractivity contribution in [2.75, 3.05) is 13.2 Å². The number of aliphatic hydroxyl groups is 3. The van der Waals surface area contributed by atoms with Crippen LogP contribution in [0, 0.1) is 0 Å². The van der Waals surface area contributed by atoms with Crippen molar-refractivity contribution in [2.45, 2.75) is 44.1 Å². The molecule has 17 heavy (non-hydrogen) atoms. The highest BCUT2D eigenvalue weighted by Crippen LogP contribution is 2.21. The molecular weight excluding hydrogens is 230 g/mol. The van der Waals surface area contributed by atoms with Gasteiger partial charge >= 0.3 is 0 Å². The van der Waals surface area contributed by atoms with Crippen LogP contribution in [-0.2, 0) is 9.47 Å². The van der Waals surface area contributed by atoms with Crippen molar-refractivity contribution in [3.63, 3.8) is 0 Å². The van der Waals surface area contributed by atoms with Crippen molar-refractivity contribution in [2.24, 2.45) is 5.11 Å². The number of hydrogen-bond acceptors (Lipinski definition) is 6. The summed E-state index contributed by atoms with van der Waals surface area (Å²) >= 11 is 0. The number of rotatable bonds is 5. The Morgan fingerprint density at radius 3 is 2.65 bits per heavy atom. The summed E-state index contributed by atoms with van der Waals surface area (Å²) in [6.07, 6.45) is -4.82. The van der Waals surface area contributed by atoms with Crippen LogP contribution in [0.1, 0.15) is 13.3 Å². The fourth-order valence-corrected chi connectivity index (χ4v) is 1.53. The Labute approximate surface area is 98.4 Å². The zero-order chi connectivity index (χ0) is 12.8. The first kappa shape index (κ1) is 14.2. The molecule has 0 bridgehead atoms. The van der Waals surface area contributed by atoms with Crippen molar-refractivity contribution < 1.29 is 24.8 Å². The Morgan fingerprint density at radius 1 is 1.29 bits per heavy atom. The zero-order valence-corrected chi connectivity index (χ0v) is 9.51. The van der Waals surface area contributed by atoms with E-state index in [1.807, 2.05) is 0 Å².